The zero-order valence-corrected chi connectivity index (χ0v) is 19.8. The molecule has 0 bridgehead atoms. The average molecular weight is 477 g/mol. The topological polar surface area (TPSA) is 132 Å². The Labute approximate surface area is 203 Å². The Bertz CT molecular complexity index is 1220. The molecule has 0 heterocycles. The van der Waals surface area contributed by atoms with Crippen LogP contribution in [0.25, 0.3) is 0 Å². The van der Waals surface area contributed by atoms with Gasteiger partial charge in [-0.1, -0.05) is 18.2 Å². The third-order valence-corrected chi connectivity index (χ3v) is 5.23. The number of anilines is 4. The molecule has 3 aromatic rings. The lowest BCUT2D eigenvalue weighted by Gasteiger charge is -2.15. The van der Waals surface area contributed by atoms with E-state index in [2.05, 4.69) is 16.0 Å². The van der Waals surface area contributed by atoms with Crippen molar-refractivity contribution < 1.29 is 23.9 Å². The summed E-state index contributed by atoms with van der Waals surface area (Å²) in [5.74, 6) is 0.283. The first-order valence-corrected chi connectivity index (χ1v) is 10.9. The number of urea groups is 1. The zero-order chi connectivity index (χ0) is 25.4. The molecular weight excluding hydrogens is 448 g/mol. The minimum Gasteiger partial charge on any atom is -0.493 e. The van der Waals surface area contributed by atoms with Gasteiger partial charge in [0.15, 0.2) is 17.3 Å². The van der Waals surface area contributed by atoms with Gasteiger partial charge < -0.3 is 31.2 Å². The largest absolute Gasteiger partial charge is 0.493 e. The van der Waals surface area contributed by atoms with Gasteiger partial charge in [-0.05, 0) is 55.3 Å². The molecular formula is C26H28N4O5. The number of benzene rings is 3. The number of amides is 3. The van der Waals surface area contributed by atoms with Gasteiger partial charge in [0.25, 0.3) is 0 Å². The molecule has 35 heavy (non-hydrogen) atoms. The van der Waals surface area contributed by atoms with Crippen molar-refractivity contribution in [2.45, 2.75) is 19.8 Å². The number of nitrogen functional groups attached to an aromatic ring is 1. The van der Waals surface area contributed by atoms with Crippen molar-refractivity contribution in [2.75, 3.05) is 35.9 Å². The van der Waals surface area contributed by atoms with Gasteiger partial charge in [-0.15, -0.1) is 0 Å². The highest BCUT2D eigenvalue weighted by molar-refractivity contribution is 6.04. The van der Waals surface area contributed by atoms with Crippen molar-refractivity contribution in [3.63, 3.8) is 0 Å². The molecule has 3 amide bonds. The summed E-state index contributed by atoms with van der Waals surface area (Å²) in [6.45, 7) is 1.41. The van der Waals surface area contributed by atoms with E-state index in [1.807, 2.05) is 12.1 Å². The number of rotatable bonds is 9. The number of carbonyl (C=O) groups is 3. The normalized spacial score (nSPS) is 10.3. The molecule has 0 unspecified atom stereocenters. The lowest BCUT2D eigenvalue weighted by atomic mass is 10.1. The monoisotopic (exact) mass is 476 g/mol. The van der Waals surface area contributed by atoms with Gasteiger partial charge in [0.2, 0.25) is 5.91 Å². The van der Waals surface area contributed by atoms with E-state index in [9.17, 15) is 14.4 Å². The van der Waals surface area contributed by atoms with Crippen LogP contribution in [0.3, 0.4) is 0 Å². The predicted molar refractivity (Wildman–Crippen MR) is 136 cm³/mol. The third-order valence-electron chi connectivity index (χ3n) is 5.23. The molecule has 0 atom stereocenters. The van der Waals surface area contributed by atoms with Gasteiger partial charge in [-0.25, -0.2) is 4.79 Å². The number of Topliss-reactive ketones (excluding diaryl/α,β-unsaturated/α-hetero) is 1. The Kier molecular flexibility index (Phi) is 8.29. The molecule has 0 aliphatic carbocycles. The molecule has 0 saturated heterocycles. The molecule has 0 aliphatic heterocycles. The van der Waals surface area contributed by atoms with Crippen molar-refractivity contribution in [2.24, 2.45) is 0 Å². The maximum absolute atomic E-state index is 12.7. The van der Waals surface area contributed by atoms with Crippen molar-refractivity contribution >= 4 is 40.5 Å². The molecule has 0 fully saturated rings. The number of nitrogens with one attached hydrogen (secondary N) is 3. The van der Waals surface area contributed by atoms with E-state index in [1.54, 1.807) is 42.5 Å². The van der Waals surface area contributed by atoms with Crippen LogP contribution in [-0.2, 0) is 11.2 Å². The maximum Gasteiger partial charge on any atom is 0.323 e. The molecule has 3 aromatic carbocycles. The van der Waals surface area contributed by atoms with E-state index >= 15 is 0 Å². The lowest BCUT2D eigenvalue weighted by Crippen LogP contribution is -2.20. The molecule has 9 heteroatoms. The lowest BCUT2D eigenvalue weighted by molar-refractivity contribution is -0.116. The van der Waals surface area contributed by atoms with E-state index in [0.29, 0.717) is 46.2 Å². The summed E-state index contributed by atoms with van der Waals surface area (Å²) in [5, 5.41) is 8.33. The van der Waals surface area contributed by atoms with Gasteiger partial charge in [0, 0.05) is 35.1 Å². The van der Waals surface area contributed by atoms with Crippen LogP contribution < -0.4 is 31.2 Å². The van der Waals surface area contributed by atoms with Crippen LogP contribution in [0.1, 0.15) is 29.3 Å². The van der Waals surface area contributed by atoms with Crippen molar-refractivity contribution in [3.05, 3.63) is 71.8 Å². The number of nitrogens with two attached hydrogens (primary N) is 1. The first-order valence-electron chi connectivity index (χ1n) is 10.9. The quantitative estimate of drug-likeness (QED) is 0.261. The molecule has 9 nitrogen and oxygen atoms in total. The Morgan fingerprint density at radius 3 is 2.14 bits per heavy atom. The summed E-state index contributed by atoms with van der Waals surface area (Å²) in [6.07, 6.45) is 0.497. The SMILES string of the molecule is COc1cc(NC(=O)CCc2ccccc2NC(=O)Nc2ccc(N)cc2)c(C(C)=O)cc1OC. The van der Waals surface area contributed by atoms with Crippen LogP contribution in [0.15, 0.2) is 60.7 Å². The summed E-state index contributed by atoms with van der Waals surface area (Å²) in [7, 11) is 2.95. The van der Waals surface area contributed by atoms with Gasteiger partial charge in [-0.2, -0.15) is 0 Å². The Morgan fingerprint density at radius 1 is 0.829 bits per heavy atom. The molecule has 0 aromatic heterocycles. The van der Waals surface area contributed by atoms with Crippen molar-refractivity contribution in [1.82, 2.24) is 0 Å². The fourth-order valence-corrected chi connectivity index (χ4v) is 3.45. The van der Waals surface area contributed by atoms with E-state index in [0.717, 1.165) is 5.56 Å². The molecule has 0 aliphatic rings. The second-order valence-corrected chi connectivity index (χ2v) is 7.72. The molecule has 0 saturated carbocycles. The first kappa shape index (κ1) is 25.1. The molecule has 182 valence electrons. The Morgan fingerprint density at radius 2 is 1.49 bits per heavy atom. The first-order chi connectivity index (χ1) is 16.8. The second-order valence-electron chi connectivity index (χ2n) is 7.72. The Hall–Kier alpha value is -4.53. The van der Waals surface area contributed by atoms with Crippen molar-refractivity contribution in [3.8, 4) is 11.5 Å². The van der Waals surface area contributed by atoms with Gasteiger partial charge in [-0.3, -0.25) is 9.59 Å². The number of hydrogen-bond acceptors (Lipinski definition) is 6. The number of methoxy groups -OCH3 is 2. The Balaban J connectivity index is 1.66. The highest BCUT2D eigenvalue weighted by Crippen LogP contribution is 2.33. The molecule has 0 radical (unpaired) electrons. The minimum absolute atomic E-state index is 0.129. The van der Waals surface area contributed by atoms with Crippen LogP contribution in [0.4, 0.5) is 27.5 Å². The fraction of sp³-hybridized carbons (Fsp3) is 0.192. The average Bonchev–Trinajstić information content (AvgIpc) is 2.84. The molecule has 0 spiro atoms. The standard InChI is InChI=1S/C26H28N4O5/c1-16(31)20-14-23(34-2)24(35-3)15-22(20)29-25(32)13-8-17-6-4-5-7-21(17)30-26(33)28-19-11-9-18(27)10-12-19/h4-7,9-12,14-15H,8,13,27H2,1-3H3,(H,29,32)(H2,28,30,33). The van der Waals surface area contributed by atoms with Gasteiger partial charge in [0.05, 0.1) is 19.9 Å². The van der Waals surface area contributed by atoms with E-state index in [-0.39, 0.29) is 18.1 Å². The summed E-state index contributed by atoms with van der Waals surface area (Å²) < 4.78 is 10.5. The maximum atomic E-state index is 12.7. The highest BCUT2D eigenvalue weighted by Gasteiger charge is 2.17. The van der Waals surface area contributed by atoms with E-state index < -0.39 is 6.03 Å². The van der Waals surface area contributed by atoms with Crippen LogP contribution in [0, 0.1) is 0 Å². The number of ketones is 1. The predicted octanol–water partition coefficient (Wildman–Crippen LogP) is 4.70. The number of hydrogen-bond donors (Lipinski definition) is 4. The zero-order valence-electron chi connectivity index (χ0n) is 19.8. The number of ether oxygens (including phenoxy) is 2. The minimum atomic E-state index is -0.414. The van der Waals surface area contributed by atoms with Gasteiger partial charge in [0.1, 0.15) is 0 Å². The van der Waals surface area contributed by atoms with Crippen LogP contribution in [-0.4, -0.2) is 31.9 Å². The van der Waals surface area contributed by atoms with Gasteiger partial charge >= 0.3 is 6.03 Å². The van der Waals surface area contributed by atoms with Crippen LogP contribution in [0.5, 0.6) is 11.5 Å². The molecule has 5 N–H and O–H groups in total. The summed E-state index contributed by atoms with van der Waals surface area (Å²) in [6, 6.07) is 16.7. The van der Waals surface area contributed by atoms with Crippen molar-refractivity contribution in [1.29, 1.82) is 0 Å². The molecule has 3 rings (SSSR count). The number of carbonyl (C=O) groups excluding carboxylic acids is 3. The second kappa shape index (κ2) is 11.6. The summed E-state index contributed by atoms with van der Waals surface area (Å²) >= 11 is 0. The third kappa shape index (κ3) is 6.73. The fourth-order valence-electron chi connectivity index (χ4n) is 3.45. The van der Waals surface area contributed by atoms with E-state index in [1.165, 1.54) is 27.2 Å². The highest BCUT2D eigenvalue weighted by atomic mass is 16.5. The van der Waals surface area contributed by atoms with Crippen LogP contribution in [0.2, 0.25) is 0 Å². The van der Waals surface area contributed by atoms with Crippen LogP contribution >= 0.6 is 0 Å². The summed E-state index contributed by atoms with van der Waals surface area (Å²) in [4.78, 5) is 37.2. The number of aryl methyl sites for hydroxylation is 1. The smallest absolute Gasteiger partial charge is 0.323 e. The number of para-hydroxylation sites is 1. The van der Waals surface area contributed by atoms with E-state index in [4.69, 9.17) is 15.2 Å². The summed E-state index contributed by atoms with van der Waals surface area (Å²) in [5.41, 5.74) is 8.90.